The van der Waals surface area contributed by atoms with Crippen LogP contribution in [0.1, 0.15) is 34.6 Å². The summed E-state index contributed by atoms with van der Waals surface area (Å²) in [5.41, 5.74) is 1.33. The third-order valence-corrected chi connectivity index (χ3v) is 5.78. The van der Waals surface area contributed by atoms with E-state index in [2.05, 4.69) is 46.6 Å². The fourth-order valence-electron chi connectivity index (χ4n) is 4.03. The van der Waals surface area contributed by atoms with E-state index in [0.29, 0.717) is 16.7 Å². The second-order valence-electron chi connectivity index (χ2n) is 6.03. The molecule has 0 amide bonds. The molecule has 4 fully saturated rings. The molecule has 4 aliphatic heterocycles. The predicted molar refractivity (Wildman–Crippen MR) is 48.4 cm³/mol. The Morgan fingerprint density at radius 2 is 1.50 bits per heavy atom. The fourth-order valence-corrected chi connectivity index (χ4v) is 4.03. The third kappa shape index (κ3) is 0.304. The molecule has 4 heterocycles. The highest BCUT2D eigenvalue weighted by Crippen LogP contribution is 2.82. The maximum Gasteiger partial charge on any atom is 0.228 e. The molecule has 0 N–H and O–H groups in total. The van der Waals surface area contributed by atoms with Crippen molar-refractivity contribution in [2.45, 2.75) is 57.5 Å². The number of hydrogen-bond acceptors (Lipinski definition) is 1. The van der Waals surface area contributed by atoms with Gasteiger partial charge in [0, 0.05) is 6.92 Å². The molecule has 12 heavy (non-hydrogen) atoms. The van der Waals surface area contributed by atoms with Gasteiger partial charge in [0.2, 0.25) is 11.8 Å². The zero-order valence-electron chi connectivity index (χ0n) is 8.97. The van der Waals surface area contributed by atoms with Crippen LogP contribution in [0.4, 0.5) is 0 Å². The summed E-state index contributed by atoms with van der Waals surface area (Å²) in [4.78, 5) is 2.68. The largest absolute Gasteiger partial charge is 0.275 e. The molecular formula is C10H19N2+. The molecule has 0 aromatic rings. The number of piperazine rings is 1. The molecule has 0 aromatic heterocycles. The van der Waals surface area contributed by atoms with E-state index in [1.807, 2.05) is 0 Å². The smallest absolute Gasteiger partial charge is 0.228 e. The highest BCUT2D eigenvalue weighted by molar-refractivity contribution is 5.33. The second kappa shape index (κ2) is 1.20. The first-order valence-corrected chi connectivity index (χ1v) is 4.90. The maximum atomic E-state index is 2.68. The summed E-state index contributed by atoms with van der Waals surface area (Å²) >= 11 is 0. The molecule has 4 rings (SSSR count). The van der Waals surface area contributed by atoms with Gasteiger partial charge in [0.05, 0.1) is 12.6 Å². The van der Waals surface area contributed by atoms with Gasteiger partial charge < -0.3 is 0 Å². The zero-order valence-corrected chi connectivity index (χ0v) is 8.97. The topological polar surface area (TPSA) is 3.01 Å². The number of likely N-dealkylation sites (N-methyl/N-ethyl adjacent to an activating group) is 1. The Kier molecular flexibility index (Phi) is 0.734. The summed E-state index contributed by atoms with van der Waals surface area (Å²) in [5, 5.41) is 0. The van der Waals surface area contributed by atoms with Gasteiger partial charge >= 0.3 is 0 Å². The quantitative estimate of drug-likeness (QED) is 0.389. The van der Waals surface area contributed by atoms with Gasteiger partial charge in [-0.2, -0.15) is 4.90 Å². The van der Waals surface area contributed by atoms with E-state index in [1.54, 1.807) is 0 Å². The summed E-state index contributed by atoms with van der Waals surface area (Å²) < 4.78 is 1.28. The number of fused-ring (bicyclic) bond motifs is 1. The lowest BCUT2D eigenvalue weighted by Gasteiger charge is -2.34. The van der Waals surface area contributed by atoms with Crippen LogP contribution >= 0.6 is 0 Å². The van der Waals surface area contributed by atoms with Crippen molar-refractivity contribution in [2.24, 2.45) is 0 Å². The fraction of sp³-hybridized carbons (Fsp3) is 1.00. The van der Waals surface area contributed by atoms with Crippen LogP contribution in [0.5, 0.6) is 0 Å². The summed E-state index contributed by atoms with van der Waals surface area (Å²) in [6.07, 6.45) is 0.850. The van der Waals surface area contributed by atoms with Crippen molar-refractivity contribution in [3.63, 3.8) is 0 Å². The first-order chi connectivity index (χ1) is 5.24. The van der Waals surface area contributed by atoms with E-state index in [-0.39, 0.29) is 0 Å². The highest BCUT2D eigenvalue weighted by Gasteiger charge is 3.08. The van der Waals surface area contributed by atoms with Crippen molar-refractivity contribution in [1.82, 2.24) is 4.90 Å². The number of nitrogens with zero attached hydrogens (tertiary/aromatic N) is 2. The van der Waals surface area contributed by atoms with E-state index in [4.69, 9.17) is 0 Å². The van der Waals surface area contributed by atoms with Crippen LogP contribution in [-0.2, 0) is 0 Å². The molecule has 4 atom stereocenters. The summed E-state index contributed by atoms with van der Waals surface area (Å²) in [6, 6.07) is 0. The summed E-state index contributed by atoms with van der Waals surface area (Å²) in [6.45, 7) is 12.0. The van der Waals surface area contributed by atoms with E-state index in [9.17, 15) is 0 Å². The second-order valence-corrected chi connectivity index (χ2v) is 6.03. The molecular weight excluding hydrogens is 148 g/mol. The Bertz CT molecular complexity index is 287. The minimum absolute atomic E-state index is 0.390. The number of rotatable bonds is 0. The molecule has 68 valence electrons. The Hall–Kier alpha value is -0.0800. The van der Waals surface area contributed by atoms with Gasteiger partial charge in [-0.05, 0) is 27.7 Å². The molecule has 2 bridgehead atoms. The van der Waals surface area contributed by atoms with Gasteiger partial charge in [0.15, 0.2) is 0 Å². The molecule has 4 aliphatic rings. The average Bonchev–Trinajstić information content (AvgIpc) is 2.65. The predicted octanol–water partition coefficient (Wildman–Crippen LogP) is 1.38. The zero-order chi connectivity index (χ0) is 9.15. The Morgan fingerprint density at radius 1 is 1.08 bits per heavy atom. The van der Waals surface area contributed by atoms with Crippen molar-refractivity contribution >= 4 is 0 Å². The van der Waals surface area contributed by atoms with Crippen molar-refractivity contribution < 1.29 is 4.48 Å². The molecule has 0 spiro atoms. The van der Waals surface area contributed by atoms with Gasteiger partial charge in [0.25, 0.3) is 0 Å². The van der Waals surface area contributed by atoms with Crippen molar-refractivity contribution in [2.75, 3.05) is 7.05 Å². The minimum Gasteiger partial charge on any atom is -0.275 e. The van der Waals surface area contributed by atoms with E-state index >= 15 is 0 Å². The lowest BCUT2D eigenvalue weighted by molar-refractivity contribution is -0.887. The minimum atomic E-state index is 0.390. The molecule has 0 aliphatic carbocycles. The monoisotopic (exact) mass is 167 g/mol. The Labute approximate surface area is 74.7 Å². The normalized spacial score (nSPS) is 67.5. The van der Waals surface area contributed by atoms with Crippen LogP contribution in [0, 0.1) is 0 Å². The Morgan fingerprint density at radius 3 is 1.58 bits per heavy atom. The summed E-state index contributed by atoms with van der Waals surface area (Å²) in [5.74, 6) is 0. The van der Waals surface area contributed by atoms with Gasteiger partial charge in [-0.25, -0.2) is 0 Å². The standard InChI is InChI=1S/C10H19N2/c1-8(2)9(3,4)12(6)7-10(12,5)11(7)8/h7H,1-6H3/q+1/t7-,10+,11?,12?/m0/s1. The molecule has 4 saturated heterocycles. The van der Waals surface area contributed by atoms with Crippen LogP contribution in [0.3, 0.4) is 0 Å². The van der Waals surface area contributed by atoms with Crippen molar-refractivity contribution in [3.05, 3.63) is 0 Å². The lowest BCUT2D eigenvalue weighted by Crippen LogP contribution is -2.51. The lowest BCUT2D eigenvalue weighted by atomic mass is 9.84. The molecule has 0 saturated carbocycles. The molecule has 0 radical (unpaired) electrons. The van der Waals surface area contributed by atoms with Crippen LogP contribution in [0.25, 0.3) is 0 Å². The summed E-state index contributed by atoms with van der Waals surface area (Å²) in [7, 11) is 2.41. The number of quaternary nitrogens is 1. The molecule has 2 heteroatoms. The molecule has 2 unspecified atom stereocenters. The van der Waals surface area contributed by atoms with Crippen LogP contribution in [0.2, 0.25) is 0 Å². The third-order valence-electron chi connectivity index (χ3n) is 5.78. The van der Waals surface area contributed by atoms with Gasteiger partial charge in [-0.1, -0.05) is 0 Å². The highest BCUT2D eigenvalue weighted by atomic mass is 16.0. The maximum absolute atomic E-state index is 2.68. The van der Waals surface area contributed by atoms with E-state index < -0.39 is 0 Å². The Balaban J connectivity index is 2.19. The van der Waals surface area contributed by atoms with Crippen LogP contribution in [-0.4, -0.2) is 39.3 Å². The molecule has 0 aromatic carbocycles. The van der Waals surface area contributed by atoms with Crippen molar-refractivity contribution in [1.29, 1.82) is 0 Å². The van der Waals surface area contributed by atoms with Crippen LogP contribution in [0.15, 0.2) is 0 Å². The SMILES string of the molecule is CC1(C)N2[C@@H]3[C@@]2(C)[N+]3(C)C1(C)C. The average molecular weight is 167 g/mol. The van der Waals surface area contributed by atoms with E-state index in [1.165, 1.54) is 4.48 Å². The number of hydrogen-bond donors (Lipinski definition) is 0. The first-order valence-electron chi connectivity index (χ1n) is 4.90. The van der Waals surface area contributed by atoms with Crippen LogP contribution < -0.4 is 0 Å². The van der Waals surface area contributed by atoms with Crippen molar-refractivity contribution in [3.8, 4) is 0 Å². The molecule has 2 nitrogen and oxygen atoms in total. The van der Waals surface area contributed by atoms with Gasteiger partial charge in [-0.15, -0.1) is 0 Å². The van der Waals surface area contributed by atoms with Gasteiger partial charge in [0.1, 0.15) is 5.54 Å². The first kappa shape index (κ1) is 7.34. The van der Waals surface area contributed by atoms with E-state index in [0.717, 1.165) is 6.17 Å². The van der Waals surface area contributed by atoms with Gasteiger partial charge in [-0.3, -0.25) is 4.48 Å².